The van der Waals surface area contributed by atoms with E-state index in [0.717, 1.165) is 9.87 Å². The molecular weight excluding hydrogens is 280 g/mol. The van der Waals surface area contributed by atoms with E-state index in [0.29, 0.717) is 0 Å². The number of benzene rings is 1. The largest absolute Gasteiger partial charge is 0.468 e. The van der Waals surface area contributed by atoms with Gasteiger partial charge in [0.1, 0.15) is 6.54 Å². The summed E-state index contributed by atoms with van der Waals surface area (Å²) in [6.45, 7) is 1.48. The lowest BCUT2D eigenvalue weighted by atomic mass is 10.2. The highest BCUT2D eigenvalue weighted by atomic mass is 32.2. The van der Waals surface area contributed by atoms with Crippen LogP contribution in [0.15, 0.2) is 29.2 Å². The summed E-state index contributed by atoms with van der Waals surface area (Å²) in [7, 11) is -2.53. The lowest BCUT2D eigenvalue weighted by Crippen LogP contribution is -2.36. The molecule has 0 N–H and O–H groups in total. The first kappa shape index (κ1) is 16.1. The van der Waals surface area contributed by atoms with Gasteiger partial charge in [0.2, 0.25) is 10.0 Å². The van der Waals surface area contributed by atoms with Gasteiger partial charge in [0.05, 0.1) is 24.5 Å². The van der Waals surface area contributed by atoms with Gasteiger partial charge in [-0.25, -0.2) is 8.42 Å². The van der Waals surface area contributed by atoms with Crippen LogP contribution in [0.2, 0.25) is 0 Å². The number of carbonyl (C=O) groups is 1. The van der Waals surface area contributed by atoms with Crippen LogP contribution in [0.25, 0.3) is 0 Å². The quantitative estimate of drug-likeness (QED) is 0.729. The number of nitriles is 1. The molecule has 0 aromatic heterocycles. The summed E-state index contributed by atoms with van der Waals surface area (Å²) >= 11 is 0. The Morgan fingerprint density at radius 2 is 1.95 bits per heavy atom. The third-order valence-electron chi connectivity index (χ3n) is 2.73. The van der Waals surface area contributed by atoms with E-state index in [-0.39, 0.29) is 24.4 Å². The van der Waals surface area contributed by atoms with Crippen molar-refractivity contribution in [2.24, 2.45) is 0 Å². The van der Waals surface area contributed by atoms with Gasteiger partial charge in [-0.05, 0) is 17.7 Å². The van der Waals surface area contributed by atoms with E-state index in [9.17, 15) is 13.2 Å². The Bertz CT molecular complexity index is 602. The van der Waals surface area contributed by atoms with E-state index >= 15 is 0 Å². The number of carbonyl (C=O) groups excluding carboxylic acids is 1. The van der Waals surface area contributed by atoms with Crippen molar-refractivity contribution in [3.8, 4) is 6.07 Å². The van der Waals surface area contributed by atoms with Crippen LogP contribution in [0.5, 0.6) is 0 Å². The SMILES string of the molecule is CCN(CC(=O)OC)S(=O)(=O)c1ccc(CC#N)cc1. The molecule has 20 heavy (non-hydrogen) atoms. The van der Waals surface area contributed by atoms with Crippen molar-refractivity contribution in [2.45, 2.75) is 18.2 Å². The molecule has 0 heterocycles. The molecule has 0 aliphatic rings. The number of rotatable bonds is 6. The summed E-state index contributed by atoms with van der Waals surface area (Å²) in [4.78, 5) is 11.3. The molecule has 1 aromatic rings. The van der Waals surface area contributed by atoms with Crippen LogP contribution in [0.3, 0.4) is 0 Å². The number of hydrogen-bond acceptors (Lipinski definition) is 5. The Labute approximate surface area is 118 Å². The third-order valence-corrected chi connectivity index (χ3v) is 4.67. The second-order valence-electron chi connectivity index (χ2n) is 3.99. The van der Waals surface area contributed by atoms with Gasteiger partial charge in [-0.3, -0.25) is 4.79 Å². The molecule has 6 nitrogen and oxygen atoms in total. The number of methoxy groups -OCH3 is 1. The van der Waals surface area contributed by atoms with E-state index in [2.05, 4.69) is 4.74 Å². The lowest BCUT2D eigenvalue weighted by molar-refractivity contribution is -0.140. The highest BCUT2D eigenvalue weighted by molar-refractivity contribution is 7.89. The number of nitrogens with zero attached hydrogens (tertiary/aromatic N) is 2. The van der Waals surface area contributed by atoms with Gasteiger partial charge in [0.25, 0.3) is 0 Å². The summed E-state index contributed by atoms with van der Waals surface area (Å²) < 4.78 is 30.2. The predicted molar refractivity (Wildman–Crippen MR) is 72.2 cm³/mol. The first-order chi connectivity index (χ1) is 9.45. The van der Waals surface area contributed by atoms with E-state index in [1.807, 2.05) is 6.07 Å². The maximum atomic E-state index is 12.3. The van der Waals surface area contributed by atoms with Crippen LogP contribution in [0.4, 0.5) is 0 Å². The summed E-state index contributed by atoms with van der Waals surface area (Å²) in [6.07, 6.45) is 0.222. The first-order valence-corrected chi connectivity index (χ1v) is 7.42. The fourth-order valence-electron chi connectivity index (χ4n) is 1.59. The Morgan fingerprint density at radius 3 is 2.40 bits per heavy atom. The summed E-state index contributed by atoms with van der Waals surface area (Å²) in [6, 6.07) is 8.02. The zero-order valence-corrected chi connectivity index (χ0v) is 12.2. The molecule has 0 amide bonds. The highest BCUT2D eigenvalue weighted by Gasteiger charge is 2.25. The molecule has 0 fully saturated rings. The minimum atomic E-state index is -3.74. The topological polar surface area (TPSA) is 87.5 Å². The molecule has 7 heteroatoms. The molecule has 0 aliphatic carbocycles. The summed E-state index contributed by atoms with van der Waals surface area (Å²) in [5, 5.41) is 8.57. The second-order valence-corrected chi connectivity index (χ2v) is 5.92. The number of ether oxygens (including phenoxy) is 1. The first-order valence-electron chi connectivity index (χ1n) is 5.98. The Morgan fingerprint density at radius 1 is 1.35 bits per heavy atom. The van der Waals surface area contributed by atoms with Gasteiger partial charge in [-0.15, -0.1) is 0 Å². The van der Waals surface area contributed by atoms with Gasteiger partial charge in [0, 0.05) is 6.54 Å². The summed E-state index contributed by atoms with van der Waals surface area (Å²) in [5.41, 5.74) is 0.738. The van der Waals surface area contributed by atoms with Crippen molar-refractivity contribution >= 4 is 16.0 Å². The van der Waals surface area contributed by atoms with Crippen LogP contribution in [-0.4, -0.2) is 38.9 Å². The lowest BCUT2D eigenvalue weighted by Gasteiger charge is -2.19. The van der Waals surface area contributed by atoms with Crippen LogP contribution in [-0.2, 0) is 26.0 Å². The van der Waals surface area contributed by atoms with E-state index in [4.69, 9.17) is 5.26 Å². The maximum Gasteiger partial charge on any atom is 0.321 e. The molecule has 0 saturated carbocycles. The fraction of sp³-hybridized carbons (Fsp3) is 0.385. The second kappa shape index (κ2) is 7.03. The number of sulfonamides is 1. The van der Waals surface area contributed by atoms with Crippen LogP contribution in [0, 0.1) is 11.3 Å². The zero-order chi connectivity index (χ0) is 15.2. The van der Waals surface area contributed by atoms with Crippen molar-refractivity contribution in [1.29, 1.82) is 5.26 Å². The van der Waals surface area contributed by atoms with Crippen molar-refractivity contribution in [1.82, 2.24) is 4.31 Å². The van der Waals surface area contributed by atoms with E-state index in [1.54, 1.807) is 19.1 Å². The van der Waals surface area contributed by atoms with Crippen LogP contribution >= 0.6 is 0 Å². The molecule has 108 valence electrons. The molecule has 1 aromatic carbocycles. The van der Waals surface area contributed by atoms with Crippen molar-refractivity contribution in [2.75, 3.05) is 20.2 Å². The van der Waals surface area contributed by atoms with Gasteiger partial charge >= 0.3 is 5.97 Å². The molecule has 0 bridgehead atoms. The highest BCUT2D eigenvalue weighted by Crippen LogP contribution is 2.16. The molecule has 0 aliphatic heterocycles. The number of esters is 1. The zero-order valence-electron chi connectivity index (χ0n) is 11.4. The normalized spacial score (nSPS) is 11.1. The minimum absolute atomic E-state index is 0.0879. The van der Waals surface area contributed by atoms with E-state index in [1.165, 1.54) is 19.2 Å². The van der Waals surface area contributed by atoms with Crippen molar-refractivity contribution in [3.63, 3.8) is 0 Å². The van der Waals surface area contributed by atoms with Crippen LogP contribution < -0.4 is 0 Å². The molecule has 0 saturated heterocycles. The number of hydrogen-bond donors (Lipinski definition) is 0. The Hall–Kier alpha value is -1.91. The maximum absolute atomic E-state index is 12.3. The Kier molecular flexibility index (Phi) is 5.67. The van der Waals surface area contributed by atoms with Gasteiger partial charge in [0.15, 0.2) is 0 Å². The van der Waals surface area contributed by atoms with Crippen molar-refractivity contribution in [3.05, 3.63) is 29.8 Å². The molecule has 0 spiro atoms. The monoisotopic (exact) mass is 296 g/mol. The Balaban J connectivity index is 3.01. The van der Waals surface area contributed by atoms with Gasteiger partial charge in [-0.1, -0.05) is 19.1 Å². The molecular formula is C13H16N2O4S. The average Bonchev–Trinajstić information content (AvgIpc) is 2.45. The molecule has 1 rings (SSSR count). The van der Waals surface area contributed by atoms with Gasteiger partial charge < -0.3 is 4.74 Å². The molecule has 0 radical (unpaired) electrons. The van der Waals surface area contributed by atoms with Gasteiger partial charge in [-0.2, -0.15) is 9.57 Å². The average molecular weight is 296 g/mol. The minimum Gasteiger partial charge on any atom is -0.468 e. The third kappa shape index (κ3) is 3.79. The van der Waals surface area contributed by atoms with E-state index < -0.39 is 16.0 Å². The molecule has 0 unspecified atom stereocenters. The summed E-state index contributed by atoms with van der Waals surface area (Å²) in [5.74, 6) is -0.614. The van der Waals surface area contributed by atoms with Crippen molar-refractivity contribution < 1.29 is 17.9 Å². The standard InChI is InChI=1S/C13H16N2O4S/c1-3-15(10-13(16)19-2)20(17,18)12-6-4-11(5-7-12)8-9-14/h4-7H,3,8,10H2,1-2H3. The number of likely N-dealkylation sites (N-methyl/N-ethyl adjacent to an activating group) is 1. The molecule has 0 atom stereocenters. The fourth-order valence-corrected chi connectivity index (χ4v) is 2.99. The van der Waals surface area contributed by atoms with Crippen LogP contribution in [0.1, 0.15) is 12.5 Å². The predicted octanol–water partition coefficient (Wildman–Crippen LogP) is 0.936. The smallest absolute Gasteiger partial charge is 0.321 e.